The maximum Gasteiger partial charge on any atom is 0.153 e. The molecule has 4 heterocycles. The Labute approximate surface area is 175 Å². The second kappa shape index (κ2) is 6.84. The van der Waals surface area contributed by atoms with Gasteiger partial charge in [0.2, 0.25) is 0 Å². The highest BCUT2D eigenvalue weighted by molar-refractivity contribution is 5.83. The molecule has 150 valence electrons. The van der Waals surface area contributed by atoms with Crippen LogP contribution in [-0.4, -0.2) is 40.0 Å². The lowest BCUT2D eigenvalue weighted by Crippen LogP contribution is -2.04. The number of halogens is 1. The van der Waals surface area contributed by atoms with Crippen LogP contribution in [0.5, 0.6) is 0 Å². The Morgan fingerprint density at radius 2 is 1.90 bits per heavy atom. The summed E-state index contributed by atoms with van der Waals surface area (Å²) in [6.07, 6.45) is 5.02. The van der Waals surface area contributed by atoms with Crippen LogP contribution < -0.4 is 0 Å². The number of nitrogens with zero attached hydrogens (tertiary/aromatic N) is 7. The third-order valence-corrected chi connectivity index (χ3v) is 5.21. The summed E-state index contributed by atoms with van der Waals surface area (Å²) in [6, 6.07) is 17.1. The van der Waals surface area contributed by atoms with E-state index >= 15 is 0 Å². The zero-order chi connectivity index (χ0) is 20.8. The molecule has 0 radical (unpaired) electrons. The van der Waals surface area contributed by atoms with Crippen molar-refractivity contribution >= 4 is 22.1 Å². The van der Waals surface area contributed by atoms with E-state index in [2.05, 4.69) is 30.6 Å². The number of nitrogens with one attached hydrogen (secondary N) is 1. The van der Waals surface area contributed by atoms with Gasteiger partial charge in [0.15, 0.2) is 5.82 Å². The smallest absolute Gasteiger partial charge is 0.153 e. The molecule has 0 unspecified atom stereocenters. The molecule has 9 heteroatoms. The van der Waals surface area contributed by atoms with Gasteiger partial charge in [0, 0.05) is 11.8 Å². The number of rotatable bonds is 4. The minimum absolute atomic E-state index is 0.197. The van der Waals surface area contributed by atoms with Gasteiger partial charge in [0.05, 0.1) is 41.4 Å². The maximum atomic E-state index is 15.0. The van der Waals surface area contributed by atoms with E-state index in [1.807, 2.05) is 53.2 Å². The van der Waals surface area contributed by atoms with Crippen molar-refractivity contribution in [3.63, 3.8) is 0 Å². The molecular formula is C22H15FN8. The van der Waals surface area contributed by atoms with Crippen LogP contribution in [0.25, 0.3) is 39.0 Å². The fourth-order valence-corrected chi connectivity index (χ4v) is 3.72. The van der Waals surface area contributed by atoms with Gasteiger partial charge in [-0.15, -0.1) is 5.10 Å². The van der Waals surface area contributed by atoms with Gasteiger partial charge in [-0.05, 0) is 29.8 Å². The molecule has 8 nitrogen and oxygen atoms in total. The van der Waals surface area contributed by atoms with Gasteiger partial charge < -0.3 is 0 Å². The number of H-pyrrole nitrogens is 1. The number of aromatic amines is 1. The molecule has 0 saturated carbocycles. The van der Waals surface area contributed by atoms with Crippen molar-refractivity contribution in [2.24, 2.45) is 0 Å². The van der Waals surface area contributed by atoms with Gasteiger partial charge in [-0.3, -0.25) is 14.8 Å². The van der Waals surface area contributed by atoms with E-state index in [-0.39, 0.29) is 5.52 Å². The van der Waals surface area contributed by atoms with E-state index in [9.17, 15) is 4.39 Å². The van der Waals surface area contributed by atoms with Gasteiger partial charge in [-0.1, -0.05) is 35.5 Å². The van der Waals surface area contributed by atoms with Gasteiger partial charge in [-0.2, -0.15) is 10.2 Å². The summed E-state index contributed by atoms with van der Waals surface area (Å²) in [5.74, 6) is -0.443. The van der Waals surface area contributed by atoms with E-state index in [0.29, 0.717) is 23.3 Å². The molecule has 1 N–H and O–H groups in total. The molecule has 0 saturated heterocycles. The summed E-state index contributed by atoms with van der Waals surface area (Å²) in [5.41, 5.74) is 5.51. The van der Waals surface area contributed by atoms with Crippen molar-refractivity contribution < 1.29 is 4.39 Å². The van der Waals surface area contributed by atoms with Crippen LogP contribution in [0.2, 0.25) is 0 Å². The largest absolute Gasteiger partial charge is 0.276 e. The van der Waals surface area contributed by atoms with Crippen LogP contribution >= 0.6 is 0 Å². The number of fused-ring (bicyclic) bond motifs is 2. The van der Waals surface area contributed by atoms with Gasteiger partial charge in [0.1, 0.15) is 11.0 Å². The third kappa shape index (κ3) is 2.94. The molecule has 2 aromatic carbocycles. The zero-order valence-corrected chi connectivity index (χ0v) is 16.1. The summed E-state index contributed by atoms with van der Waals surface area (Å²) in [6.45, 7) is 0.584. The van der Waals surface area contributed by atoms with Gasteiger partial charge in [0.25, 0.3) is 0 Å². The Morgan fingerprint density at radius 3 is 2.81 bits per heavy atom. The molecule has 0 spiro atoms. The van der Waals surface area contributed by atoms with E-state index in [1.165, 1.54) is 6.07 Å². The highest BCUT2D eigenvalue weighted by Gasteiger charge is 2.16. The Balaban J connectivity index is 1.47. The maximum absolute atomic E-state index is 15.0. The summed E-state index contributed by atoms with van der Waals surface area (Å²) < 4.78 is 18.4. The van der Waals surface area contributed by atoms with Crippen LogP contribution in [0.1, 0.15) is 5.56 Å². The average Bonchev–Trinajstić information content (AvgIpc) is 3.53. The lowest BCUT2D eigenvalue weighted by Gasteiger charge is -2.09. The van der Waals surface area contributed by atoms with Gasteiger partial charge in [-0.25, -0.2) is 9.07 Å². The van der Waals surface area contributed by atoms with Crippen LogP contribution in [0.3, 0.4) is 0 Å². The highest BCUT2D eigenvalue weighted by Crippen LogP contribution is 2.28. The predicted octanol–water partition coefficient (Wildman–Crippen LogP) is 3.74. The minimum atomic E-state index is -0.443. The quantitative estimate of drug-likeness (QED) is 0.478. The first-order valence-electron chi connectivity index (χ1n) is 9.67. The molecule has 31 heavy (non-hydrogen) atoms. The molecule has 6 rings (SSSR count). The molecule has 0 atom stereocenters. The number of aromatic nitrogens is 8. The normalized spacial score (nSPS) is 11.5. The van der Waals surface area contributed by atoms with Crippen molar-refractivity contribution in [1.29, 1.82) is 0 Å². The Bertz CT molecular complexity index is 1530. The lowest BCUT2D eigenvalue weighted by atomic mass is 10.1. The van der Waals surface area contributed by atoms with E-state index < -0.39 is 5.82 Å². The Kier molecular flexibility index (Phi) is 3.85. The first kappa shape index (κ1) is 17.5. The summed E-state index contributed by atoms with van der Waals surface area (Å²) >= 11 is 0. The molecule has 0 aliphatic rings. The fraction of sp³-hybridized carbons (Fsp3) is 0.0455. The summed E-state index contributed by atoms with van der Waals surface area (Å²) in [4.78, 5) is 4.37. The Hall–Kier alpha value is -4.40. The van der Waals surface area contributed by atoms with Crippen LogP contribution in [-0.2, 0) is 6.54 Å². The lowest BCUT2D eigenvalue weighted by molar-refractivity contribution is 0.635. The molecule has 0 aliphatic heterocycles. The fourth-order valence-electron chi connectivity index (χ4n) is 3.72. The van der Waals surface area contributed by atoms with E-state index in [4.69, 9.17) is 0 Å². The van der Waals surface area contributed by atoms with E-state index in [0.717, 1.165) is 22.3 Å². The summed E-state index contributed by atoms with van der Waals surface area (Å²) in [5, 5.41) is 19.5. The topological polar surface area (TPSA) is 90.1 Å². The molecule has 0 bridgehead atoms. The van der Waals surface area contributed by atoms with Crippen LogP contribution in [0, 0.1) is 5.82 Å². The zero-order valence-electron chi connectivity index (χ0n) is 16.1. The number of hydrogen-bond donors (Lipinski definition) is 1. The van der Waals surface area contributed by atoms with Crippen molar-refractivity contribution in [2.75, 3.05) is 0 Å². The standard InChI is InChI=1S/C22H15FN8/c23-17-8-15(20-6-7-26-30(20)13-14-4-2-1-3-5-14)9-21-22(17)28-29-31(21)16-10-18-19(24-11-16)12-25-27-18/h1-12H,13H2,(H,25,27). The monoisotopic (exact) mass is 410 g/mol. The number of benzene rings is 2. The molecule has 4 aromatic heterocycles. The summed E-state index contributed by atoms with van der Waals surface area (Å²) in [7, 11) is 0. The van der Waals surface area contributed by atoms with Gasteiger partial charge >= 0.3 is 0 Å². The second-order valence-corrected chi connectivity index (χ2v) is 7.18. The van der Waals surface area contributed by atoms with Crippen molar-refractivity contribution in [3.05, 3.63) is 84.6 Å². The molecule has 0 amide bonds. The van der Waals surface area contributed by atoms with Crippen LogP contribution in [0.15, 0.2) is 73.2 Å². The van der Waals surface area contributed by atoms with Crippen molar-refractivity contribution in [1.82, 2.24) is 40.0 Å². The average molecular weight is 410 g/mol. The molecular weight excluding hydrogens is 395 g/mol. The highest BCUT2D eigenvalue weighted by atomic mass is 19.1. The molecule has 0 aliphatic carbocycles. The SMILES string of the molecule is Fc1cc(-c2ccnn2Cc2ccccc2)cc2c1nnn2-c1cnc2cn[nH]c2c1. The number of pyridine rings is 1. The molecule has 0 fully saturated rings. The molecule has 6 aromatic rings. The minimum Gasteiger partial charge on any atom is -0.276 e. The first-order chi connectivity index (χ1) is 15.3. The van der Waals surface area contributed by atoms with E-state index in [1.54, 1.807) is 23.3 Å². The predicted molar refractivity (Wildman–Crippen MR) is 113 cm³/mol. The van der Waals surface area contributed by atoms with Crippen molar-refractivity contribution in [2.45, 2.75) is 6.54 Å². The first-order valence-corrected chi connectivity index (χ1v) is 9.67. The van der Waals surface area contributed by atoms with Crippen molar-refractivity contribution in [3.8, 4) is 16.9 Å². The Morgan fingerprint density at radius 1 is 1.00 bits per heavy atom. The second-order valence-electron chi connectivity index (χ2n) is 7.18. The number of hydrogen-bond acceptors (Lipinski definition) is 5. The third-order valence-electron chi connectivity index (χ3n) is 5.21. The van der Waals surface area contributed by atoms with Crippen LogP contribution in [0.4, 0.5) is 4.39 Å².